The third kappa shape index (κ3) is 20.2. The van der Waals surface area contributed by atoms with E-state index in [1.54, 1.807) is 117 Å². The van der Waals surface area contributed by atoms with Gasteiger partial charge in [-0.05, 0) is 32.5 Å². The lowest BCUT2D eigenvalue weighted by molar-refractivity contribution is 0.123. The fourth-order valence-electron chi connectivity index (χ4n) is 3.46. The molecule has 0 saturated heterocycles. The lowest BCUT2D eigenvalue weighted by Gasteiger charge is -2.24. The Hall–Kier alpha value is 2.49. The van der Waals surface area contributed by atoms with Gasteiger partial charge in [0.2, 0.25) is 0 Å². The molecular formula is C22H56O12S6Si4. The summed E-state index contributed by atoms with van der Waals surface area (Å²) in [6.45, 7) is 0. The lowest BCUT2D eigenvalue weighted by Crippen LogP contribution is -2.43. The topological polar surface area (TPSA) is 111 Å². The summed E-state index contributed by atoms with van der Waals surface area (Å²) in [5.41, 5.74) is 0. The molecule has 0 aromatic rings. The van der Waals surface area contributed by atoms with E-state index in [-0.39, 0.29) is 0 Å². The maximum atomic E-state index is 5.40. The first-order valence-corrected chi connectivity index (χ1v) is 29.0. The van der Waals surface area contributed by atoms with Gasteiger partial charge in [-0.25, -0.2) is 0 Å². The fourth-order valence-corrected chi connectivity index (χ4v) is 20.3. The van der Waals surface area contributed by atoms with Crippen LogP contribution in [0.1, 0.15) is 12.8 Å². The van der Waals surface area contributed by atoms with Crippen LogP contribution >= 0.6 is 62.8 Å². The van der Waals surface area contributed by atoms with Crippen molar-refractivity contribution in [2.24, 2.45) is 0 Å². The van der Waals surface area contributed by atoms with E-state index in [2.05, 4.69) is 0 Å². The first kappa shape index (κ1) is 48.6. The predicted molar refractivity (Wildman–Crippen MR) is 201 cm³/mol. The molecule has 0 aliphatic rings. The van der Waals surface area contributed by atoms with E-state index in [1.165, 1.54) is 0 Å². The van der Waals surface area contributed by atoms with Gasteiger partial charge in [0.25, 0.3) is 0 Å². The van der Waals surface area contributed by atoms with E-state index in [0.717, 1.165) is 60.0 Å². The molecule has 0 saturated carbocycles. The van der Waals surface area contributed by atoms with Crippen LogP contribution < -0.4 is 0 Å². The van der Waals surface area contributed by atoms with Gasteiger partial charge in [0.05, 0.1) is 0 Å². The molecule has 268 valence electrons. The number of hydrogen-bond donors (Lipinski definition) is 0. The molecule has 0 spiro atoms. The average molecular weight is 817 g/mol. The molecule has 22 heteroatoms. The Morgan fingerprint density at radius 3 is 0.727 bits per heavy atom. The molecular weight excluding hydrogens is 761 g/mol. The average Bonchev–Trinajstić information content (AvgIpc) is 3.08. The summed E-state index contributed by atoms with van der Waals surface area (Å²) in [6.07, 6.45) is 2.04. The van der Waals surface area contributed by atoms with Crippen molar-refractivity contribution >= 4 is 98.0 Å². The molecule has 0 fully saturated rings. The highest BCUT2D eigenvalue weighted by Gasteiger charge is 2.39. The van der Waals surface area contributed by atoms with Gasteiger partial charge in [-0.2, -0.15) is 0 Å². The summed E-state index contributed by atoms with van der Waals surface area (Å²) in [4.78, 5) is 0. The van der Waals surface area contributed by atoms with Gasteiger partial charge < -0.3 is 53.1 Å². The zero-order chi connectivity index (χ0) is 33.8. The van der Waals surface area contributed by atoms with Crippen LogP contribution in [0, 0.1) is 0 Å². The van der Waals surface area contributed by atoms with Crippen molar-refractivity contribution < 1.29 is 53.1 Å². The quantitative estimate of drug-likeness (QED) is 0.0458. The summed E-state index contributed by atoms with van der Waals surface area (Å²) < 4.78 is 64.6. The molecule has 0 unspecified atom stereocenters. The van der Waals surface area contributed by atoms with Gasteiger partial charge in [-0.15, -0.1) is 0 Å². The standard InChI is InChI=1S/C12H30O6S3Si2.C10H26O6S3Si2/c1-13-22(14-2,15-3)11-7-9-19-21-20-10-8-12-23(16-4,17-5)18-6;1-11-20(12-2,13-3)9-7-17-19-18-8-10-21(14-4,15-5)16-6/h7-12H2,1-6H3;7-10H2,1-6H3. The molecule has 0 heterocycles. The smallest absolute Gasteiger partial charge is 0.377 e. The van der Waals surface area contributed by atoms with Crippen LogP contribution in [-0.4, -0.2) is 144 Å². The highest BCUT2D eigenvalue weighted by Crippen LogP contribution is 2.38. The Balaban J connectivity index is 0. The molecule has 0 aromatic carbocycles. The first-order valence-electron chi connectivity index (χ1n) is 13.6. The van der Waals surface area contributed by atoms with Crippen LogP contribution in [0.5, 0.6) is 0 Å². The highest BCUT2D eigenvalue weighted by atomic mass is 33.5. The van der Waals surface area contributed by atoms with Gasteiger partial charge in [0.1, 0.15) is 0 Å². The second kappa shape index (κ2) is 30.3. The Bertz CT molecular complexity index is 561. The van der Waals surface area contributed by atoms with Crippen LogP contribution in [-0.2, 0) is 53.1 Å². The Morgan fingerprint density at radius 1 is 0.295 bits per heavy atom. The van der Waals surface area contributed by atoms with Gasteiger partial charge in [0, 0.05) is 133 Å². The van der Waals surface area contributed by atoms with E-state index in [1.807, 2.05) is 31.4 Å². The second-order valence-electron chi connectivity index (χ2n) is 8.31. The van der Waals surface area contributed by atoms with E-state index in [0.29, 0.717) is 0 Å². The third-order valence-corrected chi connectivity index (χ3v) is 26.8. The minimum absolute atomic E-state index is 0.793. The zero-order valence-electron chi connectivity index (χ0n) is 28.4. The van der Waals surface area contributed by atoms with Crippen molar-refractivity contribution in [3.8, 4) is 0 Å². The molecule has 0 radical (unpaired) electrons. The molecule has 0 N–H and O–H groups in total. The lowest BCUT2D eigenvalue weighted by atomic mass is 10.6. The van der Waals surface area contributed by atoms with E-state index in [4.69, 9.17) is 53.1 Å². The van der Waals surface area contributed by atoms with Crippen LogP contribution in [0.2, 0.25) is 24.2 Å². The van der Waals surface area contributed by atoms with Gasteiger partial charge in [-0.1, -0.05) is 43.2 Å². The van der Waals surface area contributed by atoms with Crippen molar-refractivity contribution in [3.05, 3.63) is 0 Å². The van der Waals surface area contributed by atoms with Crippen LogP contribution in [0.25, 0.3) is 0 Å². The van der Waals surface area contributed by atoms with Crippen molar-refractivity contribution in [2.75, 3.05) is 108 Å². The SMILES string of the molecule is CO[Si](CCCSSSCCC[Si](OC)(OC)OC)(OC)OC.CO[Si](CCSSSCC[Si](OC)(OC)OC)(OC)OC. The molecule has 0 aromatic heterocycles. The Morgan fingerprint density at radius 2 is 0.500 bits per heavy atom. The zero-order valence-corrected chi connectivity index (χ0v) is 37.3. The van der Waals surface area contributed by atoms with Crippen molar-refractivity contribution in [2.45, 2.75) is 37.0 Å². The minimum Gasteiger partial charge on any atom is -0.377 e. The minimum atomic E-state index is -2.43. The molecule has 0 aliphatic carbocycles. The highest BCUT2D eigenvalue weighted by molar-refractivity contribution is 9.09. The maximum absolute atomic E-state index is 5.40. The van der Waals surface area contributed by atoms with Crippen LogP contribution in [0.15, 0.2) is 0 Å². The summed E-state index contributed by atoms with van der Waals surface area (Å²) in [6, 6.07) is 3.28. The molecule has 0 atom stereocenters. The van der Waals surface area contributed by atoms with Crippen molar-refractivity contribution in [1.29, 1.82) is 0 Å². The first-order chi connectivity index (χ1) is 21.1. The Labute approximate surface area is 294 Å². The van der Waals surface area contributed by atoms with Gasteiger partial charge in [0.15, 0.2) is 0 Å². The monoisotopic (exact) mass is 816 g/mol. The van der Waals surface area contributed by atoms with Crippen LogP contribution in [0.3, 0.4) is 0 Å². The number of hydrogen-bond acceptors (Lipinski definition) is 18. The van der Waals surface area contributed by atoms with Gasteiger partial charge >= 0.3 is 35.2 Å². The van der Waals surface area contributed by atoms with Crippen molar-refractivity contribution in [1.82, 2.24) is 0 Å². The second-order valence-corrected chi connectivity index (χ2v) is 29.6. The molecule has 0 aliphatic heterocycles. The molecule has 0 amide bonds. The molecule has 0 bridgehead atoms. The fraction of sp³-hybridized carbons (Fsp3) is 1.00. The molecule has 0 rings (SSSR count). The number of rotatable bonds is 30. The maximum Gasteiger partial charge on any atom is 0.501 e. The summed E-state index contributed by atoms with van der Waals surface area (Å²) in [5, 5.41) is 0. The van der Waals surface area contributed by atoms with E-state index < -0.39 is 35.2 Å². The molecule has 12 nitrogen and oxygen atoms in total. The summed E-state index contributed by atoms with van der Waals surface area (Å²) in [5.74, 6) is 3.94. The van der Waals surface area contributed by atoms with E-state index in [9.17, 15) is 0 Å². The largest absolute Gasteiger partial charge is 0.501 e. The van der Waals surface area contributed by atoms with E-state index >= 15 is 0 Å². The summed E-state index contributed by atoms with van der Waals surface area (Å²) in [7, 11) is 20.9. The Kier molecular flexibility index (Phi) is 33.5. The van der Waals surface area contributed by atoms with Crippen molar-refractivity contribution in [3.63, 3.8) is 0 Å². The predicted octanol–water partition coefficient (Wildman–Crippen LogP) is 6.32. The third-order valence-electron chi connectivity index (χ3n) is 6.33. The normalized spacial score (nSPS) is 12.8. The van der Waals surface area contributed by atoms with Crippen LogP contribution in [0.4, 0.5) is 0 Å². The van der Waals surface area contributed by atoms with Gasteiger partial charge in [-0.3, -0.25) is 0 Å². The summed E-state index contributed by atoms with van der Waals surface area (Å²) >= 11 is 0. The molecule has 44 heavy (non-hydrogen) atoms.